The van der Waals surface area contributed by atoms with Crippen molar-refractivity contribution in [3.8, 4) is 17.2 Å². The Kier molecular flexibility index (Phi) is 10.7. The number of carbonyl (C=O) groups is 2. The molecule has 1 N–H and O–H groups in total. The molecule has 6 rings (SSSR count). The van der Waals surface area contributed by atoms with Crippen molar-refractivity contribution >= 4 is 40.6 Å². The summed E-state index contributed by atoms with van der Waals surface area (Å²) in [5, 5.41) is 20.6. The summed E-state index contributed by atoms with van der Waals surface area (Å²) in [5.74, 6) is 1.91. The van der Waals surface area contributed by atoms with Gasteiger partial charge in [0, 0.05) is 12.0 Å². The second-order valence-corrected chi connectivity index (χ2v) is 12.6. The monoisotopic (exact) mass is 682 g/mol. The largest absolute Gasteiger partial charge is 0.493 e. The Bertz CT molecular complexity index is 1870. The van der Waals surface area contributed by atoms with Gasteiger partial charge in [-0.05, 0) is 35.2 Å². The van der Waals surface area contributed by atoms with E-state index in [9.17, 15) is 9.59 Å². The first-order valence-corrected chi connectivity index (χ1v) is 17.1. The third-order valence-corrected chi connectivity index (χ3v) is 9.49. The molecule has 13 heteroatoms. The summed E-state index contributed by atoms with van der Waals surface area (Å²) >= 11 is 2.86. The van der Waals surface area contributed by atoms with Gasteiger partial charge in [0.2, 0.25) is 0 Å². The number of nitrogens with one attached hydrogen (secondary N) is 1. The fourth-order valence-electron chi connectivity index (χ4n) is 5.32. The number of aromatic nitrogens is 3. The normalized spacial score (nSPS) is 14.0. The molecule has 0 spiro atoms. The second kappa shape index (κ2) is 15.6. The van der Waals surface area contributed by atoms with E-state index < -0.39 is 0 Å². The van der Waals surface area contributed by atoms with Crippen LogP contribution in [0.4, 0.5) is 0 Å². The lowest BCUT2D eigenvalue weighted by molar-refractivity contribution is -0.130. The van der Waals surface area contributed by atoms with Crippen LogP contribution >= 0.6 is 23.1 Å². The zero-order valence-electron chi connectivity index (χ0n) is 26.4. The van der Waals surface area contributed by atoms with Crippen LogP contribution < -0.4 is 19.5 Å². The number of nitrogens with zero attached hydrogens (tertiary/aromatic N) is 5. The lowest BCUT2D eigenvalue weighted by Crippen LogP contribution is -2.30. The highest BCUT2D eigenvalue weighted by Gasteiger charge is 2.36. The molecule has 3 heterocycles. The molecule has 2 aromatic heterocycles. The van der Waals surface area contributed by atoms with Gasteiger partial charge in [-0.2, -0.15) is 5.10 Å². The maximum Gasteiger partial charge on any atom is 0.258 e. The topological polar surface area (TPSA) is 120 Å². The summed E-state index contributed by atoms with van der Waals surface area (Å²) in [4.78, 5) is 27.6. The number of amides is 2. The van der Waals surface area contributed by atoms with Crippen molar-refractivity contribution < 1.29 is 23.8 Å². The summed E-state index contributed by atoms with van der Waals surface area (Å²) < 4.78 is 18.8. The van der Waals surface area contributed by atoms with Crippen LogP contribution in [-0.2, 0) is 22.7 Å². The highest BCUT2D eigenvalue weighted by atomic mass is 32.2. The molecule has 0 saturated carbocycles. The molecular formula is C35H34N6O5S2. The van der Waals surface area contributed by atoms with Crippen LogP contribution in [0, 0.1) is 0 Å². The van der Waals surface area contributed by atoms with Crippen molar-refractivity contribution in [2.75, 3.05) is 26.6 Å². The van der Waals surface area contributed by atoms with Crippen LogP contribution in [-0.4, -0.2) is 63.9 Å². The molecule has 3 aromatic carbocycles. The van der Waals surface area contributed by atoms with E-state index >= 15 is 0 Å². The smallest absolute Gasteiger partial charge is 0.258 e. The van der Waals surface area contributed by atoms with Crippen LogP contribution in [0.3, 0.4) is 0 Å². The van der Waals surface area contributed by atoms with Gasteiger partial charge in [-0.15, -0.1) is 21.5 Å². The van der Waals surface area contributed by atoms with Crippen LogP contribution in [0.15, 0.2) is 107 Å². The molecule has 2 amide bonds. The Hall–Kier alpha value is -5.14. The van der Waals surface area contributed by atoms with E-state index in [0.717, 1.165) is 21.7 Å². The number of benzene rings is 3. The van der Waals surface area contributed by atoms with Gasteiger partial charge >= 0.3 is 0 Å². The van der Waals surface area contributed by atoms with Gasteiger partial charge in [-0.3, -0.25) is 9.59 Å². The molecule has 0 aliphatic carbocycles. The number of carbonyl (C=O) groups excluding carboxylic acids is 2. The average Bonchev–Trinajstić information content (AvgIpc) is 3.90. The van der Waals surface area contributed by atoms with E-state index in [0.29, 0.717) is 41.2 Å². The average molecular weight is 683 g/mol. The molecule has 5 aromatic rings. The van der Waals surface area contributed by atoms with Crippen molar-refractivity contribution in [2.45, 2.75) is 30.7 Å². The Morgan fingerprint density at radius 2 is 1.73 bits per heavy atom. The summed E-state index contributed by atoms with van der Waals surface area (Å²) in [7, 11) is 3.18. The first-order valence-electron chi connectivity index (χ1n) is 15.2. The number of ether oxygens (including phenoxy) is 3. The minimum Gasteiger partial charge on any atom is -0.493 e. The summed E-state index contributed by atoms with van der Waals surface area (Å²) in [5.41, 5.74) is 2.67. The van der Waals surface area contributed by atoms with Gasteiger partial charge in [-0.1, -0.05) is 78.5 Å². The zero-order chi connectivity index (χ0) is 33.3. The molecule has 11 nitrogen and oxygen atoms in total. The summed E-state index contributed by atoms with van der Waals surface area (Å²) in [6.07, 6.45) is 0.530. The molecule has 0 bridgehead atoms. The Balaban J connectivity index is 1.20. The van der Waals surface area contributed by atoms with E-state index in [1.165, 1.54) is 11.8 Å². The van der Waals surface area contributed by atoms with Crippen LogP contribution in [0.25, 0.3) is 0 Å². The van der Waals surface area contributed by atoms with Gasteiger partial charge in [-0.25, -0.2) is 5.01 Å². The molecule has 48 heavy (non-hydrogen) atoms. The minimum atomic E-state index is -0.383. The number of methoxy groups -OCH3 is 2. The quantitative estimate of drug-likeness (QED) is 0.151. The fraction of sp³-hybridized carbons (Fsp3) is 0.229. The Morgan fingerprint density at radius 3 is 2.46 bits per heavy atom. The summed E-state index contributed by atoms with van der Waals surface area (Å²) in [6, 6.07) is 28.3. The first-order chi connectivity index (χ1) is 23.5. The van der Waals surface area contributed by atoms with Gasteiger partial charge < -0.3 is 24.1 Å². The number of rotatable bonds is 14. The molecule has 246 valence electrons. The number of thiophene rings is 1. The minimum absolute atomic E-state index is 0.0637. The number of hydrogen-bond donors (Lipinski definition) is 1. The molecule has 0 unspecified atom stereocenters. The Labute approximate surface area is 286 Å². The zero-order valence-corrected chi connectivity index (χ0v) is 28.1. The van der Waals surface area contributed by atoms with Crippen molar-refractivity contribution in [1.29, 1.82) is 0 Å². The second-order valence-electron chi connectivity index (χ2n) is 10.7. The highest BCUT2D eigenvalue weighted by molar-refractivity contribution is 7.99. The van der Waals surface area contributed by atoms with E-state index in [4.69, 9.17) is 19.3 Å². The molecule has 1 aliphatic heterocycles. The third kappa shape index (κ3) is 7.69. The lowest BCUT2D eigenvalue weighted by Gasteiger charge is -2.24. The molecule has 1 atom stereocenters. The van der Waals surface area contributed by atoms with Crippen LogP contribution in [0.1, 0.15) is 34.3 Å². The Morgan fingerprint density at radius 1 is 0.938 bits per heavy atom. The maximum atomic E-state index is 14.0. The number of hydrazone groups is 1. The molecular weight excluding hydrogens is 649 g/mol. The maximum absolute atomic E-state index is 14.0. The molecule has 0 saturated heterocycles. The van der Waals surface area contributed by atoms with Crippen molar-refractivity contribution in [3.05, 3.63) is 118 Å². The van der Waals surface area contributed by atoms with Crippen molar-refractivity contribution in [3.63, 3.8) is 0 Å². The summed E-state index contributed by atoms with van der Waals surface area (Å²) in [6.45, 7) is 0.476. The highest BCUT2D eigenvalue weighted by Crippen LogP contribution is 2.42. The van der Waals surface area contributed by atoms with Crippen LogP contribution in [0.2, 0.25) is 0 Å². The predicted molar refractivity (Wildman–Crippen MR) is 185 cm³/mol. The number of para-hydroxylation sites is 2. The van der Waals surface area contributed by atoms with E-state index in [2.05, 4.69) is 15.5 Å². The number of thioether (sulfide) groups is 1. The van der Waals surface area contributed by atoms with Gasteiger partial charge in [0.25, 0.3) is 11.8 Å². The first kappa shape index (κ1) is 32.8. The third-order valence-electron chi connectivity index (χ3n) is 7.62. The molecule has 0 radical (unpaired) electrons. The molecule has 0 fully saturated rings. The van der Waals surface area contributed by atoms with E-state index in [1.807, 2.05) is 88.8 Å². The van der Waals surface area contributed by atoms with E-state index in [1.54, 1.807) is 42.7 Å². The SMILES string of the molecule is COc1cccc([C@@H]2CC(c3cccs3)=NN2C(=O)CSc2nnc(CNC(=O)COc3ccccc3)n2Cc2ccccc2)c1OC. The predicted octanol–water partition coefficient (Wildman–Crippen LogP) is 5.57. The van der Waals surface area contributed by atoms with Crippen LogP contribution in [0.5, 0.6) is 17.2 Å². The number of hydrogen-bond acceptors (Lipinski definition) is 10. The van der Waals surface area contributed by atoms with Crippen molar-refractivity contribution in [2.24, 2.45) is 5.10 Å². The fourth-order valence-corrected chi connectivity index (χ4v) is 6.85. The van der Waals surface area contributed by atoms with Gasteiger partial charge in [0.1, 0.15) is 5.75 Å². The molecule has 1 aliphatic rings. The van der Waals surface area contributed by atoms with Crippen molar-refractivity contribution in [1.82, 2.24) is 25.1 Å². The van der Waals surface area contributed by atoms with E-state index in [-0.39, 0.29) is 36.8 Å². The van der Waals surface area contributed by atoms with Gasteiger partial charge in [0.15, 0.2) is 29.1 Å². The lowest BCUT2D eigenvalue weighted by atomic mass is 9.99. The standard InChI is InChI=1S/C35H34N6O5S2/c1-44-29-16-9-15-26(34(29)45-2)28-19-27(30-17-10-18-47-30)39-41(28)33(43)23-48-35-38-37-31(40(35)21-24-11-5-3-6-12-24)20-36-32(42)22-46-25-13-7-4-8-14-25/h3-18,28H,19-23H2,1-2H3,(H,36,42)/t28-/m0/s1. The van der Waals surface area contributed by atoms with Gasteiger partial charge in [0.05, 0.1) is 49.7 Å².